The number of aromatic nitrogens is 1. The molecule has 2 aromatic rings. The number of hydrogen-bond donors (Lipinski definition) is 0. The van der Waals surface area contributed by atoms with Crippen molar-refractivity contribution in [2.75, 3.05) is 13.2 Å². The van der Waals surface area contributed by atoms with Crippen molar-refractivity contribution in [3.63, 3.8) is 0 Å². The first-order valence-electron chi connectivity index (χ1n) is 8.07. The highest BCUT2D eigenvalue weighted by Crippen LogP contribution is 2.17. The van der Waals surface area contributed by atoms with E-state index in [0.29, 0.717) is 23.5 Å². The second kappa shape index (κ2) is 7.81. The van der Waals surface area contributed by atoms with Gasteiger partial charge in [-0.3, -0.25) is 4.79 Å². The van der Waals surface area contributed by atoms with Crippen LogP contribution in [0.15, 0.2) is 30.3 Å². The molecule has 0 atom stereocenters. The van der Waals surface area contributed by atoms with E-state index in [1.54, 1.807) is 31.2 Å². The summed E-state index contributed by atoms with van der Waals surface area (Å²) in [6.45, 7) is 8.88. The van der Waals surface area contributed by atoms with Gasteiger partial charge in [0.1, 0.15) is 5.75 Å². The molecule has 0 saturated carbocycles. The first kappa shape index (κ1) is 17.8. The van der Waals surface area contributed by atoms with E-state index in [2.05, 4.69) is 11.5 Å². The topological polar surface area (TPSA) is 57.5 Å². The van der Waals surface area contributed by atoms with Crippen LogP contribution in [0.1, 0.15) is 46.0 Å². The summed E-state index contributed by atoms with van der Waals surface area (Å²) in [5, 5.41) is 0. The summed E-state index contributed by atoms with van der Waals surface area (Å²) in [6.07, 6.45) is 0. The van der Waals surface area contributed by atoms with Crippen molar-refractivity contribution in [1.82, 2.24) is 4.57 Å². The third-order valence-electron chi connectivity index (χ3n) is 3.93. The smallest absolute Gasteiger partial charge is 0.338 e. The first-order chi connectivity index (χ1) is 11.5. The molecule has 0 fully saturated rings. The number of ketones is 1. The zero-order chi connectivity index (χ0) is 17.7. The Kier molecular flexibility index (Phi) is 5.79. The minimum Gasteiger partial charge on any atom is -0.485 e. The molecule has 0 aliphatic heterocycles. The van der Waals surface area contributed by atoms with Gasteiger partial charge in [-0.05, 0) is 58.0 Å². The molecule has 1 aromatic heterocycles. The van der Waals surface area contributed by atoms with Crippen LogP contribution >= 0.6 is 0 Å². The summed E-state index contributed by atoms with van der Waals surface area (Å²) >= 11 is 0. The summed E-state index contributed by atoms with van der Waals surface area (Å²) in [4.78, 5) is 24.0. The van der Waals surface area contributed by atoms with Gasteiger partial charge in [0, 0.05) is 23.5 Å². The van der Waals surface area contributed by atoms with E-state index in [0.717, 1.165) is 17.9 Å². The highest BCUT2D eigenvalue weighted by atomic mass is 16.5. The average Bonchev–Trinajstić information content (AvgIpc) is 2.87. The second-order valence-electron chi connectivity index (χ2n) is 5.49. The molecule has 0 bridgehead atoms. The van der Waals surface area contributed by atoms with Crippen molar-refractivity contribution in [3.8, 4) is 5.75 Å². The summed E-state index contributed by atoms with van der Waals surface area (Å²) in [5.74, 6) is 0.116. The summed E-state index contributed by atoms with van der Waals surface area (Å²) < 4.78 is 12.6. The lowest BCUT2D eigenvalue weighted by molar-refractivity contribution is 0.0526. The number of Topliss-reactive ketones (excluding diaryl/α,β-unsaturated/α-hetero) is 1. The number of benzene rings is 1. The Balaban J connectivity index is 2.00. The summed E-state index contributed by atoms with van der Waals surface area (Å²) in [6, 6.07) is 8.47. The van der Waals surface area contributed by atoms with Crippen molar-refractivity contribution in [2.24, 2.45) is 0 Å². The van der Waals surface area contributed by atoms with Gasteiger partial charge in [0.05, 0.1) is 12.2 Å². The SMILES string of the molecule is CCOC(=O)c1ccc(OCC(=O)c2cc(C)n(CC)c2C)cc1. The van der Waals surface area contributed by atoms with Crippen LogP contribution in [0, 0.1) is 13.8 Å². The van der Waals surface area contributed by atoms with Crippen LogP contribution < -0.4 is 4.74 Å². The predicted octanol–water partition coefficient (Wildman–Crippen LogP) is 3.56. The lowest BCUT2D eigenvalue weighted by Crippen LogP contribution is -2.13. The minimum atomic E-state index is -0.368. The Hall–Kier alpha value is -2.56. The normalized spacial score (nSPS) is 10.5. The molecular weight excluding hydrogens is 306 g/mol. The van der Waals surface area contributed by atoms with E-state index in [9.17, 15) is 9.59 Å². The Labute approximate surface area is 142 Å². The Morgan fingerprint density at radius 2 is 1.75 bits per heavy atom. The molecule has 0 radical (unpaired) electrons. The summed E-state index contributed by atoms with van der Waals surface area (Å²) in [5.41, 5.74) is 3.18. The molecule has 1 aromatic carbocycles. The quantitative estimate of drug-likeness (QED) is 0.576. The molecule has 5 heteroatoms. The number of rotatable bonds is 7. The molecule has 2 rings (SSSR count). The van der Waals surface area contributed by atoms with Gasteiger partial charge in [0.25, 0.3) is 0 Å². The van der Waals surface area contributed by atoms with Gasteiger partial charge in [0.2, 0.25) is 5.78 Å². The van der Waals surface area contributed by atoms with Gasteiger partial charge in [-0.25, -0.2) is 4.79 Å². The van der Waals surface area contributed by atoms with Gasteiger partial charge in [-0.1, -0.05) is 0 Å². The number of carbonyl (C=O) groups excluding carboxylic acids is 2. The van der Waals surface area contributed by atoms with E-state index in [1.165, 1.54) is 0 Å². The van der Waals surface area contributed by atoms with Crippen molar-refractivity contribution in [1.29, 1.82) is 0 Å². The maximum Gasteiger partial charge on any atom is 0.338 e. The van der Waals surface area contributed by atoms with Gasteiger partial charge in [-0.15, -0.1) is 0 Å². The third-order valence-corrected chi connectivity index (χ3v) is 3.93. The van der Waals surface area contributed by atoms with E-state index in [1.807, 2.05) is 19.9 Å². The monoisotopic (exact) mass is 329 g/mol. The predicted molar refractivity (Wildman–Crippen MR) is 91.8 cm³/mol. The van der Waals surface area contributed by atoms with Crippen molar-refractivity contribution >= 4 is 11.8 Å². The number of nitrogens with zero attached hydrogens (tertiary/aromatic N) is 1. The number of ether oxygens (including phenoxy) is 2. The standard InChI is InChI=1S/C19H23NO4/c1-5-20-13(3)11-17(14(20)4)18(21)12-24-16-9-7-15(8-10-16)19(22)23-6-2/h7-11H,5-6,12H2,1-4H3. The maximum atomic E-state index is 12.4. The fraction of sp³-hybridized carbons (Fsp3) is 0.368. The molecule has 0 unspecified atom stereocenters. The Bertz CT molecular complexity index is 729. The molecule has 24 heavy (non-hydrogen) atoms. The minimum absolute atomic E-state index is 0.0350. The Morgan fingerprint density at radius 1 is 1.08 bits per heavy atom. The average molecular weight is 329 g/mol. The number of carbonyl (C=O) groups is 2. The number of esters is 1. The van der Waals surface area contributed by atoms with Gasteiger partial charge in [0.15, 0.2) is 6.61 Å². The van der Waals surface area contributed by atoms with Crippen LogP contribution in [0.2, 0.25) is 0 Å². The lowest BCUT2D eigenvalue weighted by atomic mass is 10.1. The summed E-state index contributed by atoms with van der Waals surface area (Å²) in [7, 11) is 0. The number of aryl methyl sites for hydroxylation is 1. The van der Waals surface area contributed by atoms with Crippen LogP contribution in [0.25, 0.3) is 0 Å². The van der Waals surface area contributed by atoms with Gasteiger partial charge < -0.3 is 14.0 Å². The van der Waals surface area contributed by atoms with Crippen molar-refractivity contribution in [3.05, 3.63) is 52.8 Å². The van der Waals surface area contributed by atoms with Crippen molar-refractivity contribution in [2.45, 2.75) is 34.2 Å². The van der Waals surface area contributed by atoms with Crippen LogP contribution in [0.4, 0.5) is 0 Å². The molecule has 0 saturated heterocycles. The van der Waals surface area contributed by atoms with E-state index < -0.39 is 0 Å². The van der Waals surface area contributed by atoms with E-state index in [4.69, 9.17) is 9.47 Å². The van der Waals surface area contributed by atoms with Crippen LogP contribution in [-0.2, 0) is 11.3 Å². The molecule has 0 spiro atoms. The zero-order valence-corrected chi connectivity index (χ0v) is 14.6. The molecule has 0 N–H and O–H groups in total. The fourth-order valence-corrected chi connectivity index (χ4v) is 2.70. The van der Waals surface area contributed by atoms with E-state index >= 15 is 0 Å². The number of hydrogen-bond acceptors (Lipinski definition) is 4. The van der Waals surface area contributed by atoms with Crippen molar-refractivity contribution < 1.29 is 19.1 Å². The molecule has 1 heterocycles. The molecule has 5 nitrogen and oxygen atoms in total. The van der Waals surface area contributed by atoms with Crippen LogP contribution in [-0.4, -0.2) is 29.5 Å². The lowest BCUT2D eigenvalue weighted by Gasteiger charge is -2.08. The van der Waals surface area contributed by atoms with E-state index in [-0.39, 0.29) is 18.4 Å². The Morgan fingerprint density at radius 3 is 2.29 bits per heavy atom. The van der Waals surface area contributed by atoms with Gasteiger partial charge in [-0.2, -0.15) is 0 Å². The first-order valence-corrected chi connectivity index (χ1v) is 8.07. The fourth-order valence-electron chi connectivity index (χ4n) is 2.70. The highest BCUT2D eigenvalue weighted by molar-refractivity contribution is 5.98. The van der Waals surface area contributed by atoms with Crippen LogP contribution in [0.5, 0.6) is 5.75 Å². The molecule has 0 aliphatic carbocycles. The largest absolute Gasteiger partial charge is 0.485 e. The second-order valence-corrected chi connectivity index (χ2v) is 5.49. The molecule has 0 aliphatic rings. The van der Waals surface area contributed by atoms with Gasteiger partial charge >= 0.3 is 5.97 Å². The van der Waals surface area contributed by atoms with Crippen LogP contribution in [0.3, 0.4) is 0 Å². The molecular formula is C19H23NO4. The third kappa shape index (κ3) is 3.85. The maximum absolute atomic E-state index is 12.4. The highest BCUT2D eigenvalue weighted by Gasteiger charge is 2.15. The molecule has 128 valence electrons. The zero-order valence-electron chi connectivity index (χ0n) is 14.6. The molecule has 0 amide bonds.